The van der Waals surface area contributed by atoms with Gasteiger partial charge in [-0.2, -0.15) is 5.10 Å². The van der Waals surface area contributed by atoms with Gasteiger partial charge in [0, 0.05) is 50.8 Å². The predicted molar refractivity (Wildman–Crippen MR) is 96.3 cm³/mol. The van der Waals surface area contributed by atoms with Crippen molar-refractivity contribution in [3.8, 4) is 0 Å². The number of hydrogen-bond donors (Lipinski definition) is 0. The number of hydrogen-bond acceptors (Lipinski definition) is 5. The molecule has 2 fully saturated rings. The first-order chi connectivity index (χ1) is 13.0. The molecule has 1 saturated carbocycles. The van der Waals surface area contributed by atoms with Crippen LogP contribution in [0, 0.1) is 0 Å². The van der Waals surface area contributed by atoms with Crippen LogP contribution in [0.15, 0.2) is 36.9 Å². The summed E-state index contributed by atoms with van der Waals surface area (Å²) >= 11 is 0. The summed E-state index contributed by atoms with van der Waals surface area (Å²) in [5.41, 5.74) is 1.77. The van der Waals surface area contributed by atoms with E-state index in [1.165, 1.54) is 0 Å². The highest BCUT2D eigenvalue weighted by molar-refractivity contribution is 5.86. The smallest absolute Gasteiger partial charge is 0.254 e. The summed E-state index contributed by atoms with van der Waals surface area (Å²) in [5, 5.41) is 4.14. The van der Waals surface area contributed by atoms with Crippen molar-refractivity contribution in [3.05, 3.63) is 48.0 Å². The molecular formula is C19H23N5O3. The molecule has 27 heavy (non-hydrogen) atoms. The van der Waals surface area contributed by atoms with Gasteiger partial charge >= 0.3 is 0 Å². The molecule has 142 valence electrons. The second-order valence-electron chi connectivity index (χ2n) is 7.21. The quantitative estimate of drug-likeness (QED) is 0.782. The molecule has 2 aromatic rings. The third-order valence-corrected chi connectivity index (χ3v) is 5.02. The third-order valence-electron chi connectivity index (χ3n) is 5.02. The average molecular weight is 369 g/mol. The summed E-state index contributed by atoms with van der Waals surface area (Å²) in [6.45, 7) is 0.369. The highest BCUT2D eigenvalue weighted by Crippen LogP contribution is 2.39. The van der Waals surface area contributed by atoms with Crippen molar-refractivity contribution in [2.75, 3.05) is 13.7 Å². The number of carbonyl (C=O) groups excluding carboxylic acids is 2. The van der Waals surface area contributed by atoms with E-state index < -0.39 is 12.1 Å². The van der Waals surface area contributed by atoms with E-state index in [9.17, 15) is 9.59 Å². The Kier molecular flexibility index (Phi) is 4.65. The van der Waals surface area contributed by atoms with Crippen LogP contribution < -0.4 is 0 Å². The summed E-state index contributed by atoms with van der Waals surface area (Å²) < 4.78 is 7.47. The lowest BCUT2D eigenvalue weighted by Crippen LogP contribution is -2.55. The Bertz CT molecular complexity index is 833. The molecule has 2 aromatic heterocycles. The standard InChI is InChI=1S/C19H23N5O3/c1-22(10-13-8-21-23(2)11-13)19(26)18-17(14-4-3-7-20-9-14)24(15-5-6-15)16(25)12-27-18/h3-4,7-9,11,15,17-18H,5-6,10,12H2,1-2H3/t17-,18+/m1/s1. The average Bonchev–Trinajstić information content (AvgIpc) is 3.43. The van der Waals surface area contributed by atoms with Crippen LogP contribution in [0.5, 0.6) is 0 Å². The van der Waals surface area contributed by atoms with E-state index >= 15 is 0 Å². The van der Waals surface area contributed by atoms with Crippen LogP contribution in [0.4, 0.5) is 0 Å². The van der Waals surface area contributed by atoms with Gasteiger partial charge in [0.2, 0.25) is 5.91 Å². The number of morpholine rings is 1. The summed E-state index contributed by atoms with van der Waals surface area (Å²) in [7, 11) is 3.59. The maximum Gasteiger partial charge on any atom is 0.254 e. The van der Waals surface area contributed by atoms with Gasteiger partial charge in [-0.05, 0) is 24.5 Å². The van der Waals surface area contributed by atoms with Gasteiger partial charge < -0.3 is 14.5 Å². The number of nitrogens with zero attached hydrogens (tertiary/aromatic N) is 5. The minimum Gasteiger partial charge on any atom is -0.356 e. The van der Waals surface area contributed by atoms with Crippen molar-refractivity contribution < 1.29 is 14.3 Å². The van der Waals surface area contributed by atoms with Crippen LogP contribution in [0.1, 0.15) is 30.0 Å². The van der Waals surface area contributed by atoms with Crippen LogP contribution in [0.25, 0.3) is 0 Å². The SMILES string of the molecule is CN(Cc1cnn(C)c1)C(=O)[C@H]1OCC(=O)N(C2CC2)[C@@H]1c1cccnc1. The number of carbonyl (C=O) groups is 2. The molecule has 0 bridgehead atoms. The molecule has 1 aliphatic heterocycles. The number of ether oxygens (including phenoxy) is 1. The Labute approximate surface area is 157 Å². The van der Waals surface area contributed by atoms with E-state index in [2.05, 4.69) is 10.1 Å². The van der Waals surface area contributed by atoms with E-state index in [1.807, 2.05) is 30.3 Å². The first kappa shape index (κ1) is 17.7. The molecule has 2 amide bonds. The van der Waals surface area contributed by atoms with Crippen molar-refractivity contribution in [1.82, 2.24) is 24.6 Å². The molecule has 1 aliphatic carbocycles. The number of pyridine rings is 1. The van der Waals surface area contributed by atoms with Crippen LogP contribution in [0.3, 0.4) is 0 Å². The topological polar surface area (TPSA) is 80.6 Å². The van der Waals surface area contributed by atoms with E-state index in [0.717, 1.165) is 24.0 Å². The zero-order valence-electron chi connectivity index (χ0n) is 15.5. The summed E-state index contributed by atoms with van der Waals surface area (Å²) in [4.78, 5) is 33.4. The zero-order valence-corrected chi connectivity index (χ0v) is 15.5. The Morgan fingerprint density at radius 1 is 1.37 bits per heavy atom. The summed E-state index contributed by atoms with van der Waals surface area (Å²) in [5.74, 6) is -0.212. The largest absolute Gasteiger partial charge is 0.356 e. The van der Waals surface area contributed by atoms with E-state index in [0.29, 0.717) is 6.54 Å². The maximum absolute atomic E-state index is 13.2. The highest BCUT2D eigenvalue weighted by Gasteiger charge is 2.48. The lowest BCUT2D eigenvalue weighted by atomic mass is 9.97. The molecule has 3 heterocycles. The fraction of sp³-hybridized carbons (Fsp3) is 0.474. The Balaban J connectivity index is 1.60. The van der Waals surface area contributed by atoms with Gasteiger partial charge in [-0.25, -0.2) is 0 Å². The fourth-order valence-electron chi connectivity index (χ4n) is 3.63. The molecular weight excluding hydrogens is 346 g/mol. The van der Waals surface area contributed by atoms with Crippen molar-refractivity contribution in [3.63, 3.8) is 0 Å². The zero-order chi connectivity index (χ0) is 19.0. The molecule has 0 spiro atoms. The van der Waals surface area contributed by atoms with Crippen molar-refractivity contribution in [1.29, 1.82) is 0 Å². The monoisotopic (exact) mass is 369 g/mol. The Morgan fingerprint density at radius 2 is 2.19 bits per heavy atom. The first-order valence-corrected chi connectivity index (χ1v) is 9.10. The summed E-state index contributed by atoms with van der Waals surface area (Å²) in [6, 6.07) is 3.46. The maximum atomic E-state index is 13.2. The fourth-order valence-corrected chi connectivity index (χ4v) is 3.63. The molecule has 8 heteroatoms. The molecule has 8 nitrogen and oxygen atoms in total. The molecule has 2 atom stereocenters. The number of aromatic nitrogens is 3. The Morgan fingerprint density at radius 3 is 2.81 bits per heavy atom. The minimum atomic E-state index is -0.742. The van der Waals surface area contributed by atoms with Crippen LogP contribution in [-0.4, -0.2) is 62.2 Å². The Hall–Kier alpha value is -2.74. The molecule has 0 radical (unpaired) electrons. The van der Waals surface area contributed by atoms with Gasteiger partial charge in [0.1, 0.15) is 6.61 Å². The second kappa shape index (κ2) is 7.11. The van der Waals surface area contributed by atoms with Crippen molar-refractivity contribution in [2.45, 2.75) is 37.6 Å². The predicted octanol–water partition coefficient (Wildman–Crippen LogP) is 0.905. The molecule has 1 saturated heterocycles. The van der Waals surface area contributed by atoms with Gasteiger partial charge in [0.05, 0.1) is 12.2 Å². The molecule has 0 unspecified atom stereocenters. The minimum absolute atomic E-state index is 0.0645. The van der Waals surface area contributed by atoms with E-state index in [-0.39, 0.29) is 24.5 Å². The second-order valence-corrected chi connectivity index (χ2v) is 7.21. The molecule has 2 aliphatic rings. The van der Waals surface area contributed by atoms with Gasteiger partial charge in [0.15, 0.2) is 6.10 Å². The van der Waals surface area contributed by atoms with Gasteiger partial charge in [-0.15, -0.1) is 0 Å². The van der Waals surface area contributed by atoms with Crippen molar-refractivity contribution >= 4 is 11.8 Å². The van der Waals surface area contributed by atoms with Gasteiger partial charge in [-0.3, -0.25) is 19.3 Å². The van der Waals surface area contributed by atoms with Gasteiger partial charge in [0.25, 0.3) is 5.91 Å². The van der Waals surface area contributed by atoms with E-state index in [4.69, 9.17) is 4.74 Å². The highest BCUT2D eigenvalue weighted by atomic mass is 16.5. The number of rotatable bonds is 5. The molecule has 4 rings (SSSR count). The van der Waals surface area contributed by atoms with Crippen LogP contribution >= 0.6 is 0 Å². The molecule has 0 N–H and O–H groups in total. The number of aryl methyl sites for hydroxylation is 1. The normalized spacial score (nSPS) is 22.7. The lowest BCUT2D eigenvalue weighted by molar-refractivity contribution is -0.170. The number of amides is 2. The van der Waals surface area contributed by atoms with Crippen molar-refractivity contribution in [2.24, 2.45) is 7.05 Å². The lowest BCUT2D eigenvalue weighted by Gasteiger charge is -2.41. The van der Waals surface area contributed by atoms with Gasteiger partial charge in [-0.1, -0.05) is 6.07 Å². The van der Waals surface area contributed by atoms with E-state index in [1.54, 1.807) is 35.2 Å². The number of likely N-dealkylation sites (N-methyl/N-ethyl adjacent to an activating group) is 1. The molecule has 0 aromatic carbocycles. The first-order valence-electron chi connectivity index (χ1n) is 9.10. The van der Waals surface area contributed by atoms with Crippen LogP contribution in [0.2, 0.25) is 0 Å². The summed E-state index contributed by atoms with van der Waals surface area (Å²) in [6.07, 6.45) is 8.21. The van der Waals surface area contributed by atoms with Crippen LogP contribution in [-0.2, 0) is 27.9 Å². The third kappa shape index (κ3) is 3.57.